The first-order valence-electron chi connectivity index (χ1n) is 8.71. The number of rotatable bonds is 1. The summed E-state index contributed by atoms with van der Waals surface area (Å²) >= 11 is 6.46. The highest BCUT2D eigenvalue weighted by molar-refractivity contribution is 6.21. The lowest BCUT2D eigenvalue weighted by atomic mass is 9.83. The summed E-state index contributed by atoms with van der Waals surface area (Å²) in [6.07, 6.45) is 3.66. The van der Waals surface area contributed by atoms with Gasteiger partial charge in [0.15, 0.2) is 0 Å². The molecule has 0 saturated carbocycles. The first-order valence-corrected chi connectivity index (χ1v) is 9.15. The number of anilines is 1. The fraction of sp³-hybridized carbons (Fsp3) is 0.632. The summed E-state index contributed by atoms with van der Waals surface area (Å²) in [5, 5.41) is 10.4. The molecule has 1 amide bonds. The number of alkyl halides is 1. The first-order chi connectivity index (χ1) is 11.2. The minimum atomic E-state index is -0.557. The largest absolute Gasteiger partial charge is 0.508 e. The number of fused-ring (bicyclic) bond motifs is 3. The molecular formula is C19H26ClNO3. The highest BCUT2D eigenvalue weighted by Gasteiger charge is 2.40. The van der Waals surface area contributed by atoms with Gasteiger partial charge in [-0.05, 0) is 70.1 Å². The Bertz CT molecular complexity index is 664. The van der Waals surface area contributed by atoms with Crippen LogP contribution in [0.25, 0.3) is 0 Å². The summed E-state index contributed by atoms with van der Waals surface area (Å²) in [5.41, 5.74) is 3.57. The molecule has 132 valence electrons. The van der Waals surface area contributed by atoms with Crippen LogP contribution in [-0.2, 0) is 17.6 Å². The van der Waals surface area contributed by atoms with Crippen molar-refractivity contribution in [3.8, 4) is 5.75 Å². The van der Waals surface area contributed by atoms with Gasteiger partial charge in [-0.15, -0.1) is 11.6 Å². The Morgan fingerprint density at radius 3 is 2.54 bits per heavy atom. The van der Waals surface area contributed by atoms with Gasteiger partial charge in [0.1, 0.15) is 11.4 Å². The van der Waals surface area contributed by atoms with Crippen molar-refractivity contribution in [2.45, 2.75) is 70.3 Å². The van der Waals surface area contributed by atoms with E-state index >= 15 is 0 Å². The van der Waals surface area contributed by atoms with Crippen LogP contribution in [0.4, 0.5) is 10.5 Å². The molecule has 1 aromatic carbocycles. The Kier molecular flexibility index (Phi) is 4.45. The molecular weight excluding hydrogens is 326 g/mol. The van der Waals surface area contributed by atoms with Crippen LogP contribution in [0.3, 0.4) is 0 Å². The van der Waals surface area contributed by atoms with E-state index in [2.05, 4.69) is 0 Å². The fourth-order valence-electron chi connectivity index (χ4n) is 3.82. The molecule has 1 aromatic rings. The molecule has 0 unspecified atom stereocenters. The molecule has 0 saturated heterocycles. The molecule has 3 rings (SSSR count). The normalized spacial score (nSPS) is 21.2. The molecule has 5 heteroatoms. The number of hydrogen-bond donors (Lipinski definition) is 1. The average Bonchev–Trinajstić information content (AvgIpc) is 2.85. The van der Waals surface area contributed by atoms with E-state index in [1.807, 2.05) is 27.7 Å². The number of carbonyl (C=O) groups excluding carboxylic acids is 1. The predicted molar refractivity (Wildman–Crippen MR) is 96.4 cm³/mol. The summed E-state index contributed by atoms with van der Waals surface area (Å²) in [6, 6.07) is 1.72. The van der Waals surface area contributed by atoms with E-state index in [9.17, 15) is 9.90 Å². The molecule has 0 radical (unpaired) electrons. The third kappa shape index (κ3) is 3.08. The topological polar surface area (TPSA) is 49.8 Å². The summed E-state index contributed by atoms with van der Waals surface area (Å²) in [5.74, 6) is 0.363. The van der Waals surface area contributed by atoms with Crippen LogP contribution >= 0.6 is 11.6 Å². The van der Waals surface area contributed by atoms with Gasteiger partial charge in [-0.1, -0.05) is 0 Å². The molecule has 2 aliphatic rings. The second-order valence-electron chi connectivity index (χ2n) is 7.87. The Balaban J connectivity index is 2.07. The SMILES string of the molecule is C[C@H](Cl)[C@H]1CN(C(=O)OC(C)(C)C)c2cc(O)c3c(c21)CCCC3. The van der Waals surface area contributed by atoms with E-state index in [0.717, 1.165) is 42.5 Å². The Morgan fingerprint density at radius 1 is 1.33 bits per heavy atom. The summed E-state index contributed by atoms with van der Waals surface area (Å²) < 4.78 is 5.55. The number of carbonyl (C=O) groups is 1. The molecule has 1 heterocycles. The number of aromatic hydroxyl groups is 1. The van der Waals surface area contributed by atoms with Gasteiger partial charge in [0.2, 0.25) is 0 Å². The summed E-state index contributed by atoms with van der Waals surface area (Å²) in [6.45, 7) is 8.04. The number of ether oxygens (including phenoxy) is 1. The van der Waals surface area contributed by atoms with Crippen molar-refractivity contribution in [3.63, 3.8) is 0 Å². The first kappa shape index (κ1) is 17.4. The Hall–Kier alpha value is -1.42. The van der Waals surface area contributed by atoms with Crippen LogP contribution in [0.5, 0.6) is 5.75 Å². The van der Waals surface area contributed by atoms with Gasteiger partial charge in [0.25, 0.3) is 0 Å². The van der Waals surface area contributed by atoms with Crippen LogP contribution in [0.1, 0.15) is 63.1 Å². The molecule has 1 aliphatic heterocycles. The van der Waals surface area contributed by atoms with Crippen LogP contribution in [-0.4, -0.2) is 28.7 Å². The maximum absolute atomic E-state index is 12.7. The number of amides is 1. The minimum Gasteiger partial charge on any atom is -0.508 e. The highest BCUT2D eigenvalue weighted by atomic mass is 35.5. The fourth-order valence-corrected chi connectivity index (χ4v) is 4.03. The lowest BCUT2D eigenvalue weighted by Gasteiger charge is -2.26. The second kappa shape index (κ2) is 6.14. The lowest BCUT2D eigenvalue weighted by Crippen LogP contribution is -2.36. The average molecular weight is 352 g/mol. The third-order valence-electron chi connectivity index (χ3n) is 4.86. The Morgan fingerprint density at radius 2 is 1.96 bits per heavy atom. The molecule has 1 N–H and O–H groups in total. The van der Waals surface area contributed by atoms with Gasteiger partial charge >= 0.3 is 6.09 Å². The maximum atomic E-state index is 12.7. The molecule has 1 aliphatic carbocycles. The van der Waals surface area contributed by atoms with Crippen molar-refractivity contribution in [1.29, 1.82) is 0 Å². The Labute approximate surface area is 148 Å². The monoisotopic (exact) mass is 351 g/mol. The number of nitrogens with zero attached hydrogens (tertiary/aromatic N) is 1. The zero-order valence-electron chi connectivity index (χ0n) is 14.9. The van der Waals surface area contributed by atoms with Crippen molar-refractivity contribution >= 4 is 23.4 Å². The predicted octanol–water partition coefficient (Wildman–Crippen LogP) is 4.74. The van der Waals surface area contributed by atoms with E-state index in [1.54, 1.807) is 11.0 Å². The van der Waals surface area contributed by atoms with Gasteiger partial charge < -0.3 is 9.84 Å². The van der Waals surface area contributed by atoms with E-state index in [4.69, 9.17) is 16.3 Å². The zero-order chi connectivity index (χ0) is 17.6. The summed E-state index contributed by atoms with van der Waals surface area (Å²) in [7, 11) is 0. The van der Waals surface area contributed by atoms with Gasteiger partial charge in [0, 0.05) is 23.9 Å². The lowest BCUT2D eigenvalue weighted by molar-refractivity contribution is 0.0582. The van der Waals surface area contributed by atoms with Crippen LogP contribution in [0, 0.1) is 0 Å². The van der Waals surface area contributed by atoms with E-state index < -0.39 is 5.60 Å². The molecule has 4 nitrogen and oxygen atoms in total. The molecule has 0 aromatic heterocycles. The molecule has 0 bridgehead atoms. The molecule has 0 spiro atoms. The van der Waals surface area contributed by atoms with Crippen molar-refractivity contribution in [3.05, 3.63) is 22.8 Å². The standard InChI is InChI=1S/C19H26ClNO3/c1-11(20)14-10-21(18(23)24-19(2,3)4)15-9-16(22)12-7-5-6-8-13(12)17(14)15/h9,11,14,22H,5-8,10H2,1-4H3/t11-,14+/m0/s1. The van der Waals surface area contributed by atoms with Crippen molar-refractivity contribution in [2.24, 2.45) is 0 Å². The molecule has 24 heavy (non-hydrogen) atoms. The second-order valence-corrected chi connectivity index (χ2v) is 8.56. The smallest absolute Gasteiger partial charge is 0.414 e. The third-order valence-corrected chi connectivity index (χ3v) is 5.16. The number of hydrogen-bond acceptors (Lipinski definition) is 3. The molecule has 2 atom stereocenters. The van der Waals surface area contributed by atoms with Gasteiger partial charge in [-0.3, -0.25) is 4.90 Å². The highest BCUT2D eigenvalue weighted by Crippen LogP contribution is 2.48. The van der Waals surface area contributed by atoms with Gasteiger partial charge in [0.05, 0.1) is 5.69 Å². The van der Waals surface area contributed by atoms with Crippen molar-refractivity contribution < 1.29 is 14.6 Å². The number of phenolic OH excluding ortho intramolecular Hbond substituents is 1. The van der Waals surface area contributed by atoms with Crippen LogP contribution < -0.4 is 4.90 Å². The summed E-state index contributed by atoms with van der Waals surface area (Å²) in [4.78, 5) is 14.3. The van der Waals surface area contributed by atoms with Crippen LogP contribution in [0.15, 0.2) is 6.07 Å². The van der Waals surface area contributed by atoms with E-state index in [-0.39, 0.29) is 17.4 Å². The van der Waals surface area contributed by atoms with Crippen molar-refractivity contribution in [2.75, 3.05) is 11.4 Å². The van der Waals surface area contributed by atoms with Crippen LogP contribution in [0.2, 0.25) is 0 Å². The van der Waals surface area contributed by atoms with Gasteiger partial charge in [-0.2, -0.15) is 0 Å². The van der Waals surface area contributed by atoms with E-state index in [0.29, 0.717) is 12.3 Å². The molecule has 0 fully saturated rings. The van der Waals surface area contributed by atoms with Gasteiger partial charge in [-0.25, -0.2) is 4.79 Å². The zero-order valence-corrected chi connectivity index (χ0v) is 15.6. The number of halogens is 1. The maximum Gasteiger partial charge on any atom is 0.414 e. The van der Waals surface area contributed by atoms with E-state index in [1.165, 1.54) is 5.56 Å². The van der Waals surface area contributed by atoms with Crippen molar-refractivity contribution in [1.82, 2.24) is 0 Å². The number of phenols is 1. The minimum absolute atomic E-state index is 0.0710. The number of benzene rings is 1. The quantitative estimate of drug-likeness (QED) is 0.743.